The van der Waals surface area contributed by atoms with Gasteiger partial charge in [0.15, 0.2) is 6.61 Å². The number of aryl methyl sites for hydroxylation is 1. The van der Waals surface area contributed by atoms with Crippen LogP contribution in [0.3, 0.4) is 0 Å². The summed E-state index contributed by atoms with van der Waals surface area (Å²) >= 11 is 0. The Morgan fingerprint density at radius 1 is 1.03 bits per heavy atom. The number of benzene rings is 2. The van der Waals surface area contributed by atoms with Crippen LogP contribution < -0.4 is 9.64 Å². The molecule has 2 aromatic carbocycles. The molecule has 8 heteroatoms. The third kappa shape index (κ3) is 4.89. The number of ether oxygens (including phenoxy) is 1. The van der Waals surface area contributed by atoms with Crippen LogP contribution in [0.4, 0.5) is 5.69 Å². The molecule has 3 rings (SSSR count). The molecule has 1 fully saturated rings. The van der Waals surface area contributed by atoms with Crippen molar-refractivity contribution in [3.8, 4) is 5.75 Å². The third-order valence-corrected chi connectivity index (χ3v) is 6.84. The summed E-state index contributed by atoms with van der Waals surface area (Å²) in [6.07, 6.45) is 0. The van der Waals surface area contributed by atoms with E-state index < -0.39 is 10.0 Å². The minimum Gasteiger partial charge on any atom is -0.483 e. The molecule has 0 unspecified atom stereocenters. The highest BCUT2D eigenvalue weighted by Gasteiger charge is 2.22. The van der Waals surface area contributed by atoms with Crippen LogP contribution in [-0.4, -0.2) is 70.4 Å². The molecule has 0 N–H and O–H groups in total. The molecule has 0 radical (unpaired) electrons. The number of carbonyl (C=O) groups is 1. The van der Waals surface area contributed by atoms with E-state index in [0.29, 0.717) is 24.4 Å². The summed E-state index contributed by atoms with van der Waals surface area (Å²) < 4.78 is 31.3. The first-order chi connectivity index (χ1) is 13.8. The van der Waals surface area contributed by atoms with E-state index in [9.17, 15) is 13.2 Å². The molecule has 0 atom stereocenters. The van der Waals surface area contributed by atoms with Gasteiger partial charge in [0.2, 0.25) is 10.0 Å². The van der Waals surface area contributed by atoms with Gasteiger partial charge in [0.1, 0.15) is 5.75 Å². The number of anilines is 1. The number of hydrogen-bond donors (Lipinski definition) is 0. The molecule has 7 nitrogen and oxygen atoms in total. The molecular formula is C21H27N3O4S. The number of amides is 1. The Morgan fingerprint density at radius 3 is 2.28 bits per heavy atom. The number of piperazine rings is 1. The van der Waals surface area contributed by atoms with Gasteiger partial charge in [-0.25, -0.2) is 12.7 Å². The van der Waals surface area contributed by atoms with E-state index in [1.54, 1.807) is 24.0 Å². The first kappa shape index (κ1) is 21.1. The molecule has 0 aliphatic carbocycles. The standard InChI is InChI=1S/C21H27N3O4S/c1-17-15-19(29(26,27)22(2)3)9-10-20(17)28-16-21(25)24-13-11-23(12-14-24)18-7-5-4-6-8-18/h4-10,15H,11-14,16H2,1-3H3. The van der Waals surface area contributed by atoms with E-state index in [2.05, 4.69) is 17.0 Å². The molecule has 0 saturated carbocycles. The summed E-state index contributed by atoms with van der Waals surface area (Å²) in [6.45, 7) is 4.57. The van der Waals surface area contributed by atoms with Gasteiger partial charge in [-0.2, -0.15) is 0 Å². The molecule has 0 aromatic heterocycles. The minimum absolute atomic E-state index is 0.0635. The molecular weight excluding hydrogens is 390 g/mol. The molecule has 1 aliphatic rings. The number of hydrogen-bond acceptors (Lipinski definition) is 5. The van der Waals surface area contributed by atoms with Gasteiger partial charge in [0, 0.05) is 46.0 Å². The summed E-state index contributed by atoms with van der Waals surface area (Å²) in [7, 11) is -0.512. The third-order valence-electron chi connectivity index (χ3n) is 5.03. The van der Waals surface area contributed by atoms with Crippen molar-refractivity contribution in [2.45, 2.75) is 11.8 Å². The van der Waals surface area contributed by atoms with Crippen LogP contribution in [0.2, 0.25) is 0 Å². The lowest BCUT2D eigenvalue weighted by atomic mass is 10.2. The average Bonchev–Trinajstić information content (AvgIpc) is 2.73. The van der Waals surface area contributed by atoms with Crippen molar-refractivity contribution in [3.63, 3.8) is 0 Å². The second-order valence-corrected chi connectivity index (χ2v) is 9.36. The summed E-state index contributed by atoms with van der Waals surface area (Å²) in [5.41, 5.74) is 1.84. The number of sulfonamides is 1. The zero-order chi connectivity index (χ0) is 21.0. The second-order valence-electron chi connectivity index (χ2n) is 7.21. The van der Waals surface area contributed by atoms with E-state index in [0.717, 1.165) is 13.1 Å². The SMILES string of the molecule is Cc1cc(S(=O)(=O)N(C)C)ccc1OCC(=O)N1CCN(c2ccccc2)CC1. The smallest absolute Gasteiger partial charge is 0.260 e. The lowest BCUT2D eigenvalue weighted by Crippen LogP contribution is -2.50. The van der Waals surface area contributed by atoms with Crippen molar-refractivity contribution in [1.82, 2.24) is 9.21 Å². The maximum absolute atomic E-state index is 12.5. The summed E-state index contributed by atoms with van der Waals surface area (Å²) in [5, 5.41) is 0. The van der Waals surface area contributed by atoms with Crippen LogP contribution in [0.15, 0.2) is 53.4 Å². The second kappa shape index (κ2) is 8.84. The van der Waals surface area contributed by atoms with Gasteiger partial charge in [0.05, 0.1) is 4.90 Å². The lowest BCUT2D eigenvalue weighted by Gasteiger charge is -2.36. The summed E-state index contributed by atoms with van der Waals surface area (Å²) in [6, 6.07) is 14.8. The van der Waals surface area contributed by atoms with Gasteiger partial charge in [0.25, 0.3) is 5.91 Å². The zero-order valence-electron chi connectivity index (χ0n) is 17.0. The Hall–Kier alpha value is -2.58. The normalized spacial score (nSPS) is 14.9. The van der Waals surface area contributed by atoms with Crippen LogP contribution in [-0.2, 0) is 14.8 Å². The topological polar surface area (TPSA) is 70.2 Å². The van der Waals surface area contributed by atoms with E-state index in [1.807, 2.05) is 18.2 Å². The molecule has 1 heterocycles. The molecule has 1 aliphatic heterocycles. The van der Waals surface area contributed by atoms with Crippen molar-refractivity contribution in [2.24, 2.45) is 0 Å². The Labute approximate surface area is 172 Å². The summed E-state index contributed by atoms with van der Waals surface area (Å²) in [4.78, 5) is 16.8. The molecule has 1 amide bonds. The number of para-hydroxylation sites is 1. The predicted octanol–water partition coefficient (Wildman–Crippen LogP) is 1.97. The highest BCUT2D eigenvalue weighted by molar-refractivity contribution is 7.89. The fraction of sp³-hybridized carbons (Fsp3) is 0.381. The van der Waals surface area contributed by atoms with Crippen molar-refractivity contribution in [2.75, 3.05) is 51.8 Å². The average molecular weight is 418 g/mol. The lowest BCUT2D eigenvalue weighted by molar-refractivity contribution is -0.133. The first-order valence-electron chi connectivity index (χ1n) is 9.53. The van der Waals surface area contributed by atoms with Crippen LogP contribution in [0.5, 0.6) is 5.75 Å². The molecule has 29 heavy (non-hydrogen) atoms. The van der Waals surface area contributed by atoms with Crippen LogP contribution >= 0.6 is 0 Å². The van der Waals surface area contributed by atoms with Gasteiger partial charge in [-0.3, -0.25) is 4.79 Å². The van der Waals surface area contributed by atoms with Crippen molar-refractivity contribution < 1.29 is 17.9 Å². The van der Waals surface area contributed by atoms with Gasteiger partial charge in [-0.1, -0.05) is 18.2 Å². The highest BCUT2D eigenvalue weighted by Crippen LogP contribution is 2.23. The Bertz CT molecular complexity index is 953. The van der Waals surface area contributed by atoms with Gasteiger partial charge in [-0.15, -0.1) is 0 Å². The minimum atomic E-state index is -3.49. The van der Waals surface area contributed by atoms with Crippen molar-refractivity contribution in [3.05, 3.63) is 54.1 Å². The van der Waals surface area contributed by atoms with Crippen LogP contribution in [0.25, 0.3) is 0 Å². The van der Waals surface area contributed by atoms with Crippen LogP contribution in [0, 0.1) is 6.92 Å². The largest absolute Gasteiger partial charge is 0.483 e. The Kier molecular flexibility index (Phi) is 6.44. The Balaban J connectivity index is 1.55. The molecule has 1 saturated heterocycles. The molecule has 0 spiro atoms. The van der Waals surface area contributed by atoms with Crippen LogP contribution in [0.1, 0.15) is 5.56 Å². The molecule has 2 aromatic rings. The number of rotatable bonds is 6. The maximum atomic E-state index is 12.5. The van der Waals surface area contributed by atoms with Crippen molar-refractivity contribution in [1.29, 1.82) is 0 Å². The first-order valence-corrected chi connectivity index (χ1v) is 11.0. The van der Waals surface area contributed by atoms with E-state index in [-0.39, 0.29) is 17.4 Å². The fourth-order valence-corrected chi connectivity index (χ4v) is 4.23. The maximum Gasteiger partial charge on any atom is 0.260 e. The van der Waals surface area contributed by atoms with E-state index in [1.165, 1.54) is 30.2 Å². The fourth-order valence-electron chi connectivity index (χ4n) is 3.24. The van der Waals surface area contributed by atoms with Gasteiger partial charge >= 0.3 is 0 Å². The Morgan fingerprint density at radius 2 is 1.69 bits per heavy atom. The van der Waals surface area contributed by atoms with E-state index in [4.69, 9.17) is 4.74 Å². The zero-order valence-corrected chi connectivity index (χ0v) is 17.9. The van der Waals surface area contributed by atoms with E-state index >= 15 is 0 Å². The molecule has 156 valence electrons. The number of carbonyl (C=O) groups excluding carboxylic acids is 1. The monoisotopic (exact) mass is 417 g/mol. The van der Waals surface area contributed by atoms with Crippen molar-refractivity contribution >= 4 is 21.6 Å². The highest BCUT2D eigenvalue weighted by atomic mass is 32.2. The summed E-state index contributed by atoms with van der Waals surface area (Å²) in [5.74, 6) is 0.445. The number of nitrogens with zero attached hydrogens (tertiary/aromatic N) is 3. The predicted molar refractivity (Wildman–Crippen MR) is 113 cm³/mol. The molecule has 0 bridgehead atoms. The van der Waals surface area contributed by atoms with Gasteiger partial charge in [-0.05, 0) is 42.8 Å². The van der Waals surface area contributed by atoms with Gasteiger partial charge < -0.3 is 14.5 Å². The quantitative estimate of drug-likeness (QED) is 0.719.